The molecule has 0 radical (unpaired) electrons. The third kappa shape index (κ3) is 8.75. The minimum absolute atomic E-state index is 0.0516. The van der Waals surface area contributed by atoms with Gasteiger partial charge in [0.1, 0.15) is 23.2 Å². The van der Waals surface area contributed by atoms with E-state index in [4.69, 9.17) is 32.7 Å². The van der Waals surface area contributed by atoms with Crippen LogP contribution in [-0.2, 0) is 20.9 Å². The Morgan fingerprint density at radius 3 is 2.57 bits per heavy atom. The molecule has 3 rings (SSSR count). The molecule has 2 N–H and O–H groups in total. The van der Waals surface area contributed by atoms with E-state index in [1.807, 2.05) is 0 Å². The highest BCUT2D eigenvalue weighted by molar-refractivity contribution is 6.30. The first-order valence-electron chi connectivity index (χ1n) is 11.7. The summed E-state index contributed by atoms with van der Waals surface area (Å²) in [5.74, 6) is -1.32. The van der Waals surface area contributed by atoms with Crippen LogP contribution in [0.3, 0.4) is 0 Å². The van der Waals surface area contributed by atoms with Crippen molar-refractivity contribution in [3.05, 3.63) is 58.1 Å². The minimum Gasteiger partial charge on any atom is -0.484 e. The van der Waals surface area contributed by atoms with Gasteiger partial charge in [-0.2, -0.15) is 0 Å². The van der Waals surface area contributed by atoms with Crippen LogP contribution in [0.5, 0.6) is 5.75 Å². The molecule has 1 aliphatic rings. The summed E-state index contributed by atoms with van der Waals surface area (Å²) in [6, 6.07) is 6.01. The van der Waals surface area contributed by atoms with Crippen molar-refractivity contribution in [2.75, 3.05) is 13.2 Å². The van der Waals surface area contributed by atoms with Gasteiger partial charge < -0.3 is 20.1 Å². The van der Waals surface area contributed by atoms with Crippen LogP contribution in [0.2, 0.25) is 10.0 Å². The molecule has 2 heterocycles. The highest BCUT2D eigenvalue weighted by Gasteiger charge is 2.38. The Bertz CT molecular complexity index is 1130. The second kappa shape index (κ2) is 12.4. The van der Waals surface area contributed by atoms with Gasteiger partial charge in [-0.3, -0.25) is 19.5 Å². The fraction of sp³-hybridized carbons (Fsp3) is 0.440. The molecule has 2 atom stereocenters. The van der Waals surface area contributed by atoms with Crippen molar-refractivity contribution in [3.8, 4) is 5.75 Å². The molecule has 0 saturated carbocycles. The van der Waals surface area contributed by atoms with Crippen LogP contribution in [-0.4, -0.2) is 58.6 Å². The number of piperidine rings is 1. The summed E-state index contributed by atoms with van der Waals surface area (Å²) >= 11 is 11.5. The van der Waals surface area contributed by atoms with Crippen LogP contribution in [0.25, 0.3) is 0 Å². The Kier molecular flexibility index (Phi) is 9.56. The molecule has 37 heavy (non-hydrogen) atoms. The number of nitrogens with one attached hydrogen (secondary N) is 2. The molecule has 9 nitrogen and oxygen atoms in total. The van der Waals surface area contributed by atoms with E-state index in [2.05, 4.69) is 15.6 Å². The van der Waals surface area contributed by atoms with E-state index in [-0.39, 0.29) is 36.4 Å². The maximum absolute atomic E-state index is 13.6. The molecule has 12 heteroatoms. The third-order valence-corrected chi connectivity index (χ3v) is 5.90. The average molecular weight is 555 g/mol. The highest BCUT2D eigenvalue weighted by Crippen LogP contribution is 2.22. The molecule has 0 spiro atoms. The summed E-state index contributed by atoms with van der Waals surface area (Å²) in [6.07, 6.45) is 1.56. The lowest BCUT2D eigenvalue weighted by Gasteiger charge is -2.39. The van der Waals surface area contributed by atoms with Crippen molar-refractivity contribution < 1.29 is 28.2 Å². The van der Waals surface area contributed by atoms with Crippen molar-refractivity contribution in [1.82, 2.24) is 20.5 Å². The summed E-state index contributed by atoms with van der Waals surface area (Å²) in [5.41, 5.74) is -0.161. The van der Waals surface area contributed by atoms with Gasteiger partial charge in [-0.05, 0) is 57.9 Å². The molecule has 1 unspecified atom stereocenters. The van der Waals surface area contributed by atoms with Crippen LogP contribution >= 0.6 is 23.2 Å². The van der Waals surface area contributed by atoms with Crippen LogP contribution in [0.15, 0.2) is 36.5 Å². The van der Waals surface area contributed by atoms with Gasteiger partial charge in [0.25, 0.3) is 5.91 Å². The number of carbonyl (C=O) groups is 3. The molecule has 1 aromatic carbocycles. The van der Waals surface area contributed by atoms with E-state index >= 15 is 0 Å². The molecule has 0 bridgehead atoms. The molecule has 1 saturated heterocycles. The van der Waals surface area contributed by atoms with Gasteiger partial charge in [0.05, 0.1) is 22.3 Å². The molecular formula is C25H29Cl2FN4O5. The maximum Gasteiger partial charge on any atom is 0.411 e. The monoisotopic (exact) mass is 554 g/mol. The largest absolute Gasteiger partial charge is 0.484 e. The zero-order valence-corrected chi connectivity index (χ0v) is 22.2. The number of amides is 3. The average Bonchev–Trinajstić information content (AvgIpc) is 2.83. The number of benzene rings is 1. The Morgan fingerprint density at radius 1 is 1.16 bits per heavy atom. The predicted molar refractivity (Wildman–Crippen MR) is 136 cm³/mol. The number of nitrogens with zero attached hydrogens (tertiary/aromatic N) is 2. The number of carbonyl (C=O) groups excluding carboxylic acids is 3. The van der Waals surface area contributed by atoms with Gasteiger partial charge in [-0.25, -0.2) is 9.18 Å². The van der Waals surface area contributed by atoms with Crippen molar-refractivity contribution in [3.63, 3.8) is 0 Å². The number of halogens is 3. The van der Waals surface area contributed by atoms with Crippen LogP contribution in [0.4, 0.5) is 9.18 Å². The minimum atomic E-state index is -0.788. The lowest BCUT2D eigenvalue weighted by molar-refractivity contribution is -0.128. The van der Waals surface area contributed by atoms with Gasteiger partial charge >= 0.3 is 6.09 Å². The molecule has 1 aromatic heterocycles. The third-order valence-electron chi connectivity index (χ3n) is 5.37. The first-order valence-corrected chi connectivity index (χ1v) is 12.4. The maximum atomic E-state index is 13.6. The Morgan fingerprint density at radius 2 is 1.92 bits per heavy atom. The van der Waals surface area contributed by atoms with E-state index in [9.17, 15) is 18.8 Å². The van der Waals surface area contributed by atoms with Crippen LogP contribution in [0.1, 0.15) is 39.3 Å². The normalized spacial score (nSPS) is 17.6. The molecule has 0 aliphatic carbocycles. The SMILES string of the molecule is CC(C)(C)OC(=O)N1CC(NC(=O)COc2ccc(Cl)c(F)c2)CC[C@H]1C(=O)NCc1ccc(Cl)cn1. The number of ether oxygens (including phenoxy) is 2. The predicted octanol–water partition coefficient (Wildman–Crippen LogP) is 4.11. The lowest BCUT2D eigenvalue weighted by Crippen LogP contribution is -2.59. The first kappa shape index (κ1) is 28.5. The summed E-state index contributed by atoms with van der Waals surface area (Å²) in [6.45, 7) is 5.05. The number of likely N-dealkylation sites (tertiary alicyclic amines) is 1. The summed E-state index contributed by atoms with van der Waals surface area (Å²) in [4.78, 5) is 43.9. The smallest absolute Gasteiger partial charge is 0.411 e. The van der Waals surface area contributed by atoms with E-state index in [0.717, 1.165) is 6.07 Å². The Hall–Kier alpha value is -3.11. The molecule has 1 aliphatic heterocycles. The Balaban J connectivity index is 1.61. The van der Waals surface area contributed by atoms with E-state index in [1.165, 1.54) is 23.2 Å². The van der Waals surface area contributed by atoms with Crippen LogP contribution < -0.4 is 15.4 Å². The molecule has 3 amide bonds. The van der Waals surface area contributed by atoms with E-state index < -0.39 is 35.5 Å². The van der Waals surface area contributed by atoms with Crippen molar-refractivity contribution >= 4 is 41.1 Å². The van der Waals surface area contributed by atoms with Crippen molar-refractivity contribution in [2.45, 2.75) is 57.8 Å². The highest BCUT2D eigenvalue weighted by atomic mass is 35.5. The fourth-order valence-corrected chi connectivity index (χ4v) is 3.90. The van der Waals surface area contributed by atoms with Gasteiger partial charge in [-0.15, -0.1) is 0 Å². The molecule has 200 valence electrons. The van der Waals surface area contributed by atoms with E-state index in [0.29, 0.717) is 23.6 Å². The quantitative estimate of drug-likeness (QED) is 0.533. The summed E-state index contributed by atoms with van der Waals surface area (Å²) in [7, 11) is 0. The number of pyridine rings is 1. The summed E-state index contributed by atoms with van der Waals surface area (Å²) < 4.78 is 24.4. The Labute approximate surface area is 224 Å². The van der Waals surface area contributed by atoms with Crippen molar-refractivity contribution in [1.29, 1.82) is 0 Å². The van der Waals surface area contributed by atoms with Crippen molar-refractivity contribution in [2.24, 2.45) is 0 Å². The van der Waals surface area contributed by atoms with Gasteiger partial charge in [0, 0.05) is 24.8 Å². The first-order chi connectivity index (χ1) is 17.4. The second-order valence-corrected chi connectivity index (χ2v) is 10.4. The number of rotatable bonds is 7. The second-order valence-electron chi connectivity index (χ2n) is 9.54. The molecule has 1 fully saturated rings. The molecular weight excluding hydrogens is 526 g/mol. The fourth-order valence-electron chi connectivity index (χ4n) is 3.67. The van der Waals surface area contributed by atoms with Gasteiger partial charge in [-0.1, -0.05) is 23.2 Å². The summed E-state index contributed by atoms with van der Waals surface area (Å²) in [5, 5.41) is 6.03. The lowest BCUT2D eigenvalue weighted by atomic mass is 9.97. The number of hydrogen-bond acceptors (Lipinski definition) is 6. The standard InChI is InChI=1S/C25H29Cl2FN4O5/c1-25(2,3)37-24(35)32-13-17(31-22(33)14-36-18-7-8-19(27)20(28)10-18)6-9-21(32)23(34)30-12-16-5-4-15(26)11-29-16/h4-5,7-8,10-11,17,21H,6,9,12-14H2,1-3H3,(H,30,34)(H,31,33)/t17?,21-/m0/s1. The number of aromatic nitrogens is 1. The van der Waals surface area contributed by atoms with Gasteiger partial charge in [0.15, 0.2) is 6.61 Å². The zero-order valence-electron chi connectivity index (χ0n) is 20.7. The van der Waals surface area contributed by atoms with Crippen LogP contribution in [0, 0.1) is 5.82 Å². The zero-order chi connectivity index (χ0) is 27.2. The van der Waals surface area contributed by atoms with Gasteiger partial charge in [0.2, 0.25) is 5.91 Å². The number of hydrogen-bond donors (Lipinski definition) is 2. The topological polar surface area (TPSA) is 110 Å². The van der Waals surface area contributed by atoms with E-state index in [1.54, 1.807) is 32.9 Å². The molecule has 2 aromatic rings.